The van der Waals surface area contributed by atoms with Gasteiger partial charge in [0.1, 0.15) is 0 Å². The maximum Gasteiger partial charge on any atom is 0.489 e. The molecule has 3 saturated carbocycles. The average Bonchev–Trinajstić information content (AvgIpc) is 3.17. The summed E-state index contributed by atoms with van der Waals surface area (Å²) in [4.78, 5) is 0. The van der Waals surface area contributed by atoms with E-state index in [1.807, 2.05) is 0 Å². The minimum absolute atomic E-state index is 0.186. The fraction of sp³-hybridized carbons (Fsp3) is 0.517. The third kappa shape index (κ3) is 3.79. The molecule has 0 unspecified atom stereocenters. The fourth-order valence-corrected chi connectivity index (χ4v) is 10.6. The van der Waals surface area contributed by atoms with E-state index >= 15 is 0 Å². The van der Waals surface area contributed by atoms with Crippen LogP contribution < -0.4 is 5.19 Å². The van der Waals surface area contributed by atoms with Gasteiger partial charge in [-0.15, -0.1) is 6.58 Å². The second-order valence-electron chi connectivity index (χ2n) is 12.0. The van der Waals surface area contributed by atoms with Gasteiger partial charge in [0.25, 0.3) is 0 Å². The van der Waals surface area contributed by atoms with Gasteiger partial charge in [0, 0.05) is 0 Å². The third-order valence-electron chi connectivity index (χ3n) is 9.65. The van der Waals surface area contributed by atoms with Crippen LogP contribution in [0.3, 0.4) is 0 Å². The maximum atomic E-state index is 6.86. The summed E-state index contributed by atoms with van der Waals surface area (Å²) in [5.74, 6) is 1.34. The predicted molar refractivity (Wildman–Crippen MR) is 141 cm³/mol. The minimum atomic E-state index is -1.86. The molecule has 2 aromatic carbocycles. The van der Waals surface area contributed by atoms with Gasteiger partial charge in [-0.25, -0.2) is 0 Å². The molecule has 0 radical (unpaired) electrons. The van der Waals surface area contributed by atoms with Gasteiger partial charge in [-0.2, -0.15) is 0 Å². The summed E-state index contributed by atoms with van der Waals surface area (Å²) in [5, 5.41) is 1.48. The Labute approximate surface area is 201 Å². The molecule has 2 aromatic rings. The van der Waals surface area contributed by atoms with Crippen molar-refractivity contribution in [2.24, 2.45) is 17.3 Å². The topological polar surface area (TPSA) is 18.5 Å². The molecular formula is C29H39BO2Si. The molecule has 5 atom stereocenters. The molecule has 2 nitrogen and oxygen atoms in total. The molecule has 0 amide bonds. The van der Waals surface area contributed by atoms with Crippen molar-refractivity contribution in [2.75, 3.05) is 0 Å². The fourth-order valence-electron chi connectivity index (χ4n) is 7.22. The number of aryl methyl sites for hydroxylation is 1. The van der Waals surface area contributed by atoms with E-state index in [1.54, 1.807) is 0 Å². The van der Waals surface area contributed by atoms with Gasteiger partial charge in [-0.05, 0) is 66.4 Å². The van der Waals surface area contributed by atoms with Crippen LogP contribution in [-0.2, 0) is 15.7 Å². The highest BCUT2D eigenvalue weighted by atomic mass is 28.3. The zero-order chi connectivity index (χ0) is 23.4. The normalized spacial score (nSPS) is 30.9. The van der Waals surface area contributed by atoms with Crippen LogP contribution in [0.1, 0.15) is 45.6 Å². The van der Waals surface area contributed by atoms with Crippen molar-refractivity contribution in [3.63, 3.8) is 0 Å². The molecule has 4 aliphatic rings. The molecule has 1 saturated heterocycles. The molecule has 4 heteroatoms. The lowest BCUT2D eigenvalue weighted by atomic mass is 9.43. The van der Waals surface area contributed by atoms with Crippen molar-refractivity contribution in [1.29, 1.82) is 0 Å². The molecule has 0 N–H and O–H groups in total. The first-order chi connectivity index (χ1) is 15.6. The van der Waals surface area contributed by atoms with Crippen LogP contribution in [0.15, 0.2) is 72.7 Å². The Hall–Kier alpha value is -1.62. The van der Waals surface area contributed by atoms with Gasteiger partial charge in [0.05, 0.1) is 19.8 Å². The van der Waals surface area contributed by atoms with E-state index in [2.05, 4.69) is 101 Å². The minimum Gasteiger partial charge on any atom is -0.402 e. The van der Waals surface area contributed by atoms with Crippen molar-refractivity contribution in [2.45, 2.75) is 76.8 Å². The zero-order valence-corrected chi connectivity index (χ0v) is 22.0. The number of hydrogen-bond acceptors (Lipinski definition) is 2. The van der Waals surface area contributed by atoms with Gasteiger partial charge in [0.2, 0.25) is 0 Å². The van der Waals surface area contributed by atoms with E-state index < -0.39 is 8.07 Å². The summed E-state index contributed by atoms with van der Waals surface area (Å²) in [6.45, 7) is 16.8. The van der Waals surface area contributed by atoms with Crippen molar-refractivity contribution in [3.8, 4) is 0 Å². The Bertz CT molecular complexity index is 1000. The summed E-state index contributed by atoms with van der Waals surface area (Å²) in [7, 11) is -2.15. The maximum absolute atomic E-state index is 6.86. The van der Waals surface area contributed by atoms with Crippen molar-refractivity contribution in [3.05, 3.63) is 78.3 Å². The lowest BCUT2D eigenvalue weighted by molar-refractivity contribution is -0.199. The molecule has 2 bridgehead atoms. The van der Waals surface area contributed by atoms with E-state index in [1.165, 1.54) is 17.2 Å². The Kier molecular flexibility index (Phi) is 5.79. The second-order valence-corrected chi connectivity index (χ2v) is 16.8. The Morgan fingerprint density at radius 2 is 1.67 bits per heavy atom. The van der Waals surface area contributed by atoms with Crippen LogP contribution in [0, 0.1) is 17.3 Å². The smallest absolute Gasteiger partial charge is 0.402 e. The molecule has 0 spiro atoms. The van der Waals surface area contributed by atoms with Gasteiger partial charge in [-0.3, -0.25) is 0 Å². The summed E-state index contributed by atoms with van der Waals surface area (Å²) in [6, 6.07) is 21.9. The number of rotatable bonds is 7. The summed E-state index contributed by atoms with van der Waals surface area (Å²) in [6.07, 6.45) is 4.74. The molecule has 1 heterocycles. The summed E-state index contributed by atoms with van der Waals surface area (Å²) in [5.41, 5.74) is 3.11. The first kappa shape index (κ1) is 23.1. The van der Waals surface area contributed by atoms with E-state index in [4.69, 9.17) is 9.31 Å². The SMILES string of the molecule is C=C(B1O[C@H]2C[C@H]3C[C@H](C3(C)C)[C@@]2(C)O1)[C@@H](CCc1ccccc1)[Si](C)(C)c1ccccc1. The standard InChI is InChI=1S/C29H39BO2Si/c1-21(30-31-27-20-23-19-26(28(23,2)3)29(27,4)32-30)25(18-17-22-13-9-7-10-14-22)33(5,6)24-15-11-8-12-16-24/h7-16,23,25-27H,1,17-20H2,2-6H3/t23-,25-,26-,27+,29-/m1/s1. The molecule has 174 valence electrons. The Morgan fingerprint density at radius 1 is 1.03 bits per heavy atom. The molecule has 3 aliphatic carbocycles. The van der Waals surface area contributed by atoms with Gasteiger partial charge in [0.15, 0.2) is 0 Å². The van der Waals surface area contributed by atoms with Gasteiger partial charge < -0.3 is 9.31 Å². The molecule has 1 aliphatic heterocycles. The molecular weight excluding hydrogens is 419 g/mol. The highest BCUT2D eigenvalue weighted by Crippen LogP contribution is 2.66. The molecule has 33 heavy (non-hydrogen) atoms. The van der Waals surface area contributed by atoms with Crippen LogP contribution in [0.2, 0.25) is 18.6 Å². The molecule has 4 fully saturated rings. The van der Waals surface area contributed by atoms with Crippen LogP contribution in [0.25, 0.3) is 0 Å². The van der Waals surface area contributed by atoms with E-state index in [9.17, 15) is 0 Å². The number of hydrogen-bond donors (Lipinski definition) is 0. The largest absolute Gasteiger partial charge is 0.489 e. The van der Waals surface area contributed by atoms with Crippen LogP contribution in [-0.4, -0.2) is 26.9 Å². The van der Waals surface area contributed by atoms with Crippen molar-refractivity contribution >= 4 is 20.4 Å². The van der Waals surface area contributed by atoms with E-state index in [-0.39, 0.29) is 18.8 Å². The van der Waals surface area contributed by atoms with Gasteiger partial charge in [-0.1, -0.05) is 92.8 Å². The highest BCUT2D eigenvalue weighted by molar-refractivity contribution is 6.92. The number of allylic oxidation sites excluding steroid dienone is 1. The van der Waals surface area contributed by atoms with Crippen LogP contribution >= 0.6 is 0 Å². The molecule has 0 aromatic heterocycles. The monoisotopic (exact) mass is 458 g/mol. The van der Waals surface area contributed by atoms with E-state index in [0.717, 1.165) is 30.7 Å². The summed E-state index contributed by atoms with van der Waals surface area (Å²) < 4.78 is 13.6. The lowest BCUT2D eigenvalue weighted by Gasteiger charge is -2.64. The third-order valence-corrected chi connectivity index (χ3v) is 13.9. The first-order valence-electron chi connectivity index (χ1n) is 12.8. The zero-order valence-electron chi connectivity index (χ0n) is 21.0. The summed E-state index contributed by atoms with van der Waals surface area (Å²) >= 11 is 0. The number of benzene rings is 2. The first-order valence-corrected chi connectivity index (χ1v) is 15.8. The van der Waals surface area contributed by atoms with Crippen LogP contribution in [0.5, 0.6) is 0 Å². The molecule has 6 rings (SSSR count). The highest BCUT2D eigenvalue weighted by Gasteiger charge is 2.68. The Balaban J connectivity index is 1.41. The van der Waals surface area contributed by atoms with E-state index in [0.29, 0.717) is 16.9 Å². The van der Waals surface area contributed by atoms with Gasteiger partial charge >= 0.3 is 7.12 Å². The average molecular weight is 459 g/mol. The lowest BCUT2D eigenvalue weighted by Crippen LogP contribution is -2.65. The Morgan fingerprint density at radius 3 is 2.30 bits per heavy atom. The quantitative estimate of drug-likeness (QED) is 0.445. The van der Waals surface area contributed by atoms with Crippen molar-refractivity contribution < 1.29 is 9.31 Å². The van der Waals surface area contributed by atoms with Crippen LogP contribution in [0.4, 0.5) is 0 Å². The predicted octanol–water partition coefficient (Wildman–Crippen LogP) is 6.43. The van der Waals surface area contributed by atoms with Crippen molar-refractivity contribution in [1.82, 2.24) is 0 Å². The second kappa shape index (κ2) is 8.25.